The van der Waals surface area contributed by atoms with Crippen molar-refractivity contribution < 1.29 is 9.59 Å². The first-order chi connectivity index (χ1) is 11.7. The SMILES string of the molecule is Cl.O=C(CCC1Cc2ccccc2NC1=O)NCCN1CCNCC1. The molecule has 0 aromatic heterocycles. The lowest BCUT2D eigenvalue weighted by atomic mass is 9.89. The van der Waals surface area contributed by atoms with Gasteiger partial charge in [-0.3, -0.25) is 14.5 Å². The Balaban J connectivity index is 0.00000225. The van der Waals surface area contributed by atoms with Crippen molar-refractivity contribution >= 4 is 29.9 Å². The normalized spacial score (nSPS) is 20.2. The number of anilines is 1. The molecule has 2 aliphatic heterocycles. The molecular formula is C18H27ClN4O2. The Kier molecular flexibility index (Phi) is 7.68. The zero-order valence-corrected chi connectivity index (χ0v) is 15.2. The second-order valence-electron chi connectivity index (χ2n) is 6.53. The summed E-state index contributed by atoms with van der Waals surface area (Å²) in [6.07, 6.45) is 1.72. The lowest BCUT2D eigenvalue weighted by Gasteiger charge is -2.27. The van der Waals surface area contributed by atoms with Crippen molar-refractivity contribution in [3.8, 4) is 0 Å². The summed E-state index contributed by atoms with van der Waals surface area (Å²) in [5.74, 6) is -0.0436. The number of para-hydroxylation sites is 1. The molecule has 2 aliphatic rings. The number of rotatable bonds is 6. The molecule has 1 aromatic rings. The number of carbonyl (C=O) groups excluding carboxylic acids is 2. The van der Waals surface area contributed by atoms with Gasteiger partial charge in [0.25, 0.3) is 0 Å². The maximum absolute atomic E-state index is 12.1. The van der Waals surface area contributed by atoms with Crippen molar-refractivity contribution in [2.24, 2.45) is 5.92 Å². The molecule has 2 amide bonds. The highest BCUT2D eigenvalue weighted by atomic mass is 35.5. The summed E-state index contributed by atoms with van der Waals surface area (Å²) in [7, 11) is 0. The molecule has 0 spiro atoms. The molecule has 2 heterocycles. The van der Waals surface area contributed by atoms with Crippen LogP contribution < -0.4 is 16.0 Å². The van der Waals surface area contributed by atoms with Crippen molar-refractivity contribution in [3.05, 3.63) is 29.8 Å². The fourth-order valence-corrected chi connectivity index (χ4v) is 3.33. The first kappa shape index (κ1) is 19.7. The van der Waals surface area contributed by atoms with Gasteiger partial charge in [-0.15, -0.1) is 12.4 Å². The molecule has 0 radical (unpaired) electrons. The van der Waals surface area contributed by atoms with Crippen LogP contribution in [0.3, 0.4) is 0 Å². The van der Waals surface area contributed by atoms with Crippen LogP contribution in [0.2, 0.25) is 0 Å². The standard InChI is InChI=1S/C18H26N4O2.ClH/c23-17(20-9-12-22-10-7-19-8-11-22)6-5-15-13-14-3-1-2-4-16(14)21-18(15)24;/h1-4,15,19H,5-13H2,(H,20,23)(H,21,24);1H. The van der Waals surface area contributed by atoms with Gasteiger partial charge in [0.05, 0.1) is 0 Å². The molecule has 1 fully saturated rings. The number of nitrogens with zero attached hydrogens (tertiary/aromatic N) is 1. The summed E-state index contributed by atoms with van der Waals surface area (Å²) < 4.78 is 0. The molecule has 3 N–H and O–H groups in total. The zero-order valence-electron chi connectivity index (χ0n) is 14.4. The number of fused-ring (bicyclic) bond motifs is 1. The van der Waals surface area contributed by atoms with E-state index in [2.05, 4.69) is 20.9 Å². The number of hydrogen-bond acceptors (Lipinski definition) is 4. The lowest BCUT2D eigenvalue weighted by molar-refractivity contribution is -0.122. The van der Waals surface area contributed by atoms with Gasteiger partial charge in [0.15, 0.2) is 0 Å². The Labute approximate surface area is 155 Å². The lowest BCUT2D eigenvalue weighted by Crippen LogP contribution is -2.46. The third kappa shape index (κ3) is 5.70. The minimum atomic E-state index is -0.112. The third-order valence-corrected chi connectivity index (χ3v) is 4.79. The molecule has 25 heavy (non-hydrogen) atoms. The van der Waals surface area contributed by atoms with Crippen LogP contribution in [-0.4, -0.2) is 56.0 Å². The molecule has 0 aliphatic carbocycles. The maximum Gasteiger partial charge on any atom is 0.227 e. The second-order valence-corrected chi connectivity index (χ2v) is 6.53. The highest BCUT2D eigenvalue weighted by Crippen LogP contribution is 2.27. The van der Waals surface area contributed by atoms with Crippen LogP contribution in [0.15, 0.2) is 24.3 Å². The fourth-order valence-electron chi connectivity index (χ4n) is 3.33. The number of amides is 2. The predicted molar refractivity (Wildman–Crippen MR) is 101 cm³/mol. The van der Waals surface area contributed by atoms with Crippen LogP contribution in [0.5, 0.6) is 0 Å². The van der Waals surface area contributed by atoms with E-state index in [0.717, 1.165) is 50.4 Å². The summed E-state index contributed by atoms with van der Waals surface area (Å²) in [6.45, 7) is 5.69. The van der Waals surface area contributed by atoms with Gasteiger partial charge in [0.2, 0.25) is 11.8 Å². The molecular weight excluding hydrogens is 340 g/mol. The summed E-state index contributed by atoms with van der Waals surface area (Å²) in [5, 5.41) is 9.22. The molecule has 3 rings (SSSR count). The molecule has 1 saturated heterocycles. The summed E-state index contributed by atoms with van der Waals surface area (Å²) in [5.41, 5.74) is 2.06. The van der Waals surface area contributed by atoms with Crippen molar-refractivity contribution in [1.29, 1.82) is 0 Å². The van der Waals surface area contributed by atoms with E-state index in [1.165, 1.54) is 0 Å². The van der Waals surface area contributed by atoms with E-state index >= 15 is 0 Å². The van der Waals surface area contributed by atoms with Crippen molar-refractivity contribution in [2.45, 2.75) is 19.3 Å². The summed E-state index contributed by atoms with van der Waals surface area (Å²) in [6, 6.07) is 7.86. The number of benzene rings is 1. The number of hydrogen-bond donors (Lipinski definition) is 3. The van der Waals surface area contributed by atoms with Crippen LogP contribution in [0.4, 0.5) is 5.69 Å². The Bertz CT molecular complexity index is 590. The second kappa shape index (κ2) is 9.75. The molecule has 138 valence electrons. The van der Waals surface area contributed by atoms with Crippen LogP contribution in [0.1, 0.15) is 18.4 Å². The highest BCUT2D eigenvalue weighted by molar-refractivity contribution is 5.96. The molecule has 6 nitrogen and oxygen atoms in total. The van der Waals surface area contributed by atoms with Gasteiger partial charge < -0.3 is 16.0 Å². The monoisotopic (exact) mass is 366 g/mol. The summed E-state index contributed by atoms with van der Waals surface area (Å²) >= 11 is 0. The van der Waals surface area contributed by atoms with E-state index in [4.69, 9.17) is 0 Å². The van der Waals surface area contributed by atoms with Gasteiger partial charge >= 0.3 is 0 Å². The van der Waals surface area contributed by atoms with E-state index in [-0.39, 0.29) is 30.1 Å². The average molecular weight is 367 g/mol. The fraction of sp³-hybridized carbons (Fsp3) is 0.556. The van der Waals surface area contributed by atoms with Crippen LogP contribution in [0, 0.1) is 5.92 Å². The van der Waals surface area contributed by atoms with Gasteiger partial charge in [-0.2, -0.15) is 0 Å². The van der Waals surface area contributed by atoms with Crippen molar-refractivity contribution in [2.75, 3.05) is 44.6 Å². The molecule has 0 bridgehead atoms. The largest absolute Gasteiger partial charge is 0.355 e. The summed E-state index contributed by atoms with van der Waals surface area (Å²) in [4.78, 5) is 26.5. The Morgan fingerprint density at radius 1 is 1.24 bits per heavy atom. The quantitative estimate of drug-likeness (QED) is 0.703. The van der Waals surface area contributed by atoms with Crippen LogP contribution in [0.25, 0.3) is 0 Å². The van der Waals surface area contributed by atoms with E-state index in [0.29, 0.717) is 19.4 Å². The van der Waals surface area contributed by atoms with E-state index < -0.39 is 0 Å². The highest BCUT2D eigenvalue weighted by Gasteiger charge is 2.26. The molecule has 0 saturated carbocycles. The first-order valence-electron chi connectivity index (χ1n) is 8.81. The van der Waals surface area contributed by atoms with Crippen LogP contribution in [-0.2, 0) is 16.0 Å². The van der Waals surface area contributed by atoms with Gasteiger partial charge in [0.1, 0.15) is 0 Å². The topological polar surface area (TPSA) is 73.5 Å². The van der Waals surface area contributed by atoms with Crippen molar-refractivity contribution in [3.63, 3.8) is 0 Å². The third-order valence-electron chi connectivity index (χ3n) is 4.79. The molecule has 1 atom stereocenters. The van der Waals surface area contributed by atoms with Gasteiger partial charge in [-0.05, 0) is 24.5 Å². The van der Waals surface area contributed by atoms with Crippen molar-refractivity contribution in [1.82, 2.24) is 15.5 Å². The molecule has 1 unspecified atom stereocenters. The number of halogens is 1. The predicted octanol–water partition coefficient (Wildman–Crippen LogP) is 1.02. The molecule has 7 heteroatoms. The Hall–Kier alpha value is -1.63. The minimum absolute atomic E-state index is 0. The van der Waals surface area contributed by atoms with Gasteiger partial charge in [-0.25, -0.2) is 0 Å². The van der Waals surface area contributed by atoms with E-state index in [1.54, 1.807) is 0 Å². The zero-order chi connectivity index (χ0) is 16.8. The number of piperazine rings is 1. The maximum atomic E-state index is 12.1. The van der Waals surface area contributed by atoms with E-state index in [1.807, 2.05) is 24.3 Å². The Morgan fingerprint density at radius 3 is 2.80 bits per heavy atom. The average Bonchev–Trinajstić information content (AvgIpc) is 2.61. The van der Waals surface area contributed by atoms with Gasteiger partial charge in [0, 0.05) is 57.3 Å². The number of nitrogens with one attached hydrogen (secondary N) is 3. The smallest absolute Gasteiger partial charge is 0.227 e. The molecule has 1 aromatic carbocycles. The van der Waals surface area contributed by atoms with E-state index in [9.17, 15) is 9.59 Å². The minimum Gasteiger partial charge on any atom is -0.355 e. The van der Waals surface area contributed by atoms with Gasteiger partial charge in [-0.1, -0.05) is 18.2 Å². The first-order valence-corrected chi connectivity index (χ1v) is 8.81. The number of carbonyl (C=O) groups is 2. The van der Waals surface area contributed by atoms with Crippen LogP contribution >= 0.6 is 12.4 Å². The Morgan fingerprint density at radius 2 is 2.00 bits per heavy atom.